The zero-order chi connectivity index (χ0) is 14.6. The standard InChI is InChI=1S/C9H18N2O5.C2H6/c1-3-7(8(14)10-2)11-9(15)16-6(4-12)5-13;1-2/h6-7,12-13H,3-5H2,1-2H3,(H,10,14)(H,11,15);1-2H3. The van der Waals surface area contributed by atoms with Crippen molar-refractivity contribution in [2.75, 3.05) is 20.3 Å². The number of hydrogen-bond donors (Lipinski definition) is 4. The van der Waals surface area contributed by atoms with E-state index in [1.54, 1.807) is 6.92 Å². The Balaban J connectivity index is 0. The van der Waals surface area contributed by atoms with Crippen molar-refractivity contribution in [3.05, 3.63) is 0 Å². The lowest BCUT2D eigenvalue weighted by molar-refractivity contribution is -0.122. The second-order valence-corrected chi connectivity index (χ2v) is 3.11. The van der Waals surface area contributed by atoms with Crippen LogP contribution in [0.3, 0.4) is 0 Å². The van der Waals surface area contributed by atoms with Gasteiger partial charge in [0.1, 0.15) is 12.1 Å². The molecular formula is C11H24N2O5. The van der Waals surface area contributed by atoms with Gasteiger partial charge in [0.2, 0.25) is 5.91 Å². The zero-order valence-electron chi connectivity index (χ0n) is 11.4. The van der Waals surface area contributed by atoms with Gasteiger partial charge in [0.15, 0.2) is 0 Å². The monoisotopic (exact) mass is 264 g/mol. The van der Waals surface area contributed by atoms with Crippen LogP contribution in [0.15, 0.2) is 0 Å². The maximum absolute atomic E-state index is 11.2. The van der Waals surface area contributed by atoms with Gasteiger partial charge in [-0.15, -0.1) is 0 Å². The number of nitrogens with one attached hydrogen (secondary N) is 2. The molecule has 0 aliphatic heterocycles. The molecule has 0 radical (unpaired) electrons. The van der Waals surface area contributed by atoms with Gasteiger partial charge in [-0.25, -0.2) is 4.79 Å². The lowest BCUT2D eigenvalue weighted by Gasteiger charge is -2.18. The Hall–Kier alpha value is -1.34. The van der Waals surface area contributed by atoms with E-state index in [0.717, 1.165) is 0 Å². The van der Waals surface area contributed by atoms with Gasteiger partial charge in [-0.3, -0.25) is 4.79 Å². The van der Waals surface area contributed by atoms with Crippen molar-refractivity contribution < 1.29 is 24.5 Å². The first-order valence-corrected chi connectivity index (χ1v) is 5.99. The van der Waals surface area contributed by atoms with Gasteiger partial charge >= 0.3 is 6.09 Å². The SMILES string of the molecule is CC.CCC(NC(=O)OC(CO)CO)C(=O)NC. The Bertz CT molecular complexity index is 231. The molecule has 0 spiro atoms. The average Bonchev–Trinajstić information content (AvgIpc) is 2.43. The van der Waals surface area contributed by atoms with E-state index in [9.17, 15) is 9.59 Å². The predicted octanol–water partition coefficient (Wildman–Crippen LogP) is -0.383. The maximum Gasteiger partial charge on any atom is 0.408 e. The molecule has 0 aromatic carbocycles. The lowest BCUT2D eigenvalue weighted by Crippen LogP contribution is -2.46. The Morgan fingerprint density at radius 1 is 1.22 bits per heavy atom. The van der Waals surface area contributed by atoms with Crippen LogP contribution in [0.1, 0.15) is 27.2 Å². The first kappa shape index (κ1) is 19.0. The summed E-state index contributed by atoms with van der Waals surface area (Å²) in [6.07, 6.45) is -1.40. The number of likely N-dealkylation sites (N-methyl/N-ethyl adjacent to an activating group) is 1. The summed E-state index contributed by atoms with van der Waals surface area (Å²) in [7, 11) is 1.46. The quantitative estimate of drug-likeness (QED) is 0.523. The summed E-state index contributed by atoms with van der Waals surface area (Å²) in [5, 5.41) is 22.1. The summed E-state index contributed by atoms with van der Waals surface area (Å²) in [6.45, 7) is 4.79. The van der Waals surface area contributed by atoms with Crippen LogP contribution >= 0.6 is 0 Å². The number of carbonyl (C=O) groups is 2. The number of alkyl carbamates (subject to hydrolysis) is 1. The molecule has 1 atom stereocenters. The Labute approximate surface area is 108 Å². The number of hydrogen-bond acceptors (Lipinski definition) is 5. The summed E-state index contributed by atoms with van der Waals surface area (Å²) < 4.78 is 4.65. The zero-order valence-corrected chi connectivity index (χ0v) is 11.4. The van der Waals surface area contributed by atoms with Crippen LogP contribution in [0.25, 0.3) is 0 Å². The van der Waals surface area contributed by atoms with Gasteiger partial charge in [0, 0.05) is 7.05 Å². The summed E-state index contributed by atoms with van der Waals surface area (Å²) in [5.74, 6) is -0.330. The van der Waals surface area contributed by atoms with Gasteiger partial charge in [-0.2, -0.15) is 0 Å². The number of amides is 2. The maximum atomic E-state index is 11.2. The molecule has 1 unspecified atom stereocenters. The van der Waals surface area contributed by atoms with E-state index in [-0.39, 0.29) is 5.91 Å². The van der Waals surface area contributed by atoms with Crippen molar-refractivity contribution in [3.63, 3.8) is 0 Å². The van der Waals surface area contributed by atoms with E-state index in [0.29, 0.717) is 6.42 Å². The highest BCUT2D eigenvalue weighted by Gasteiger charge is 2.20. The van der Waals surface area contributed by atoms with Crippen molar-refractivity contribution in [1.29, 1.82) is 0 Å². The fraction of sp³-hybridized carbons (Fsp3) is 0.818. The summed E-state index contributed by atoms with van der Waals surface area (Å²) >= 11 is 0. The van der Waals surface area contributed by atoms with Crippen molar-refractivity contribution in [3.8, 4) is 0 Å². The first-order valence-electron chi connectivity index (χ1n) is 5.99. The molecule has 18 heavy (non-hydrogen) atoms. The second-order valence-electron chi connectivity index (χ2n) is 3.11. The first-order chi connectivity index (χ1) is 8.58. The van der Waals surface area contributed by atoms with Gasteiger partial charge in [0.25, 0.3) is 0 Å². The van der Waals surface area contributed by atoms with E-state index in [2.05, 4.69) is 15.4 Å². The molecule has 0 aromatic rings. The van der Waals surface area contributed by atoms with E-state index >= 15 is 0 Å². The second kappa shape index (κ2) is 12.1. The Morgan fingerprint density at radius 3 is 2.06 bits per heavy atom. The van der Waals surface area contributed by atoms with Crippen molar-refractivity contribution in [2.24, 2.45) is 0 Å². The molecule has 7 nitrogen and oxygen atoms in total. The van der Waals surface area contributed by atoms with Crippen molar-refractivity contribution in [1.82, 2.24) is 10.6 Å². The number of aliphatic hydroxyl groups excluding tert-OH is 2. The molecule has 0 saturated carbocycles. The molecular weight excluding hydrogens is 240 g/mol. The molecule has 0 fully saturated rings. The molecule has 0 bridgehead atoms. The molecule has 0 aromatic heterocycles. The highest BCUT2D eigenvalue weighted by Crippen LogP contribution is 1.95. The fourth-order valence-corrected chi connectivity index (χ4v) is 0.987. The van der Waals surface area contributed by atoms with Crippen LogP contribution < -0.4 is 10.6 Å². The summed E-state index contributed by atoms with van der Waals surface area (Å²) in [4.78, 5) is 22.4. The molecule has 0 rings (SSSR count). The van der Waals surface area contributed by atoms with Crippen molar-refractivity contribution >= 4 is 12.0 Å². The van der Waals surface area contributed by atoms with E-state index in [1.807, 2.05) is 13.8 Å². The number of aliphatic hydroxyl groups is 2. The van der Waals surface area contributed by atoms with Gasteiger partial charge < -0.3 is 25.6 Å². The molecule has 0 aliphatic rings. The fourth-order valence-electron chi connectivity index (χ4n) is 0.987. The van der Waals surface area contributed by atoms with E-state index < -0.39 is 31.5 Å². The molecule has 0 heterocycles. The molecule has 108 valence electrons. The summed E-state index contributed by atoms with van der Waals surface area (Å²) in [6, 6.07) is -0.685. The van der Waals surface area contributed by atoms with Crippen LogP contribution in [0, 0.1) is 0 Å². The van der Waals surface area contributed by atoms with Gasteiger partial charge in [-0.05, 0) is 6.42 Å². The molecule has 0 aliphatic carbocycles. The van der Waals surface area contributed by atoms with Crippen LogP contribution in [0.4, 0.5) is 4.79 Å². The Kier molecular flexibility index (Phi) is 12.8. The number of carbonyl (C=O) groups excluding carboxylic acids is 2. The molecule has 4 N–H and O–H groups in total. The Morgan fingerprint density at radius 2 is 1.72 bits per heavy atom. The lowest BCUT2D eigenvalue weighted by atomic mass is 10.2. The molecule has 2 amide bonds. The smallest absolute Gasteiger partial charge is 0.408 e. The minimum absolute atomic E-state index is 0.330. The minimum atomic E-state index is -0.970. The van der Waals surface area contributed by atoms with Crippen molar-refractivity contribution in [2.45, 2.75) is 39.3 Å². The molecule has 0 saturated heterocycles. The normalized spacial score (nSPS) is 11.1. The molecule has 7 heteroatoms. The van der Waals surface area contributed by atoms with Crippen LogP contribution in [0.2, 0.25) is 0 Å². The topological polar surface area (TPSA) is 108 Å². The highest BCUT2D eigenvalue weighted by atomic mass is 16.6. The third-order valence-corrected chi connectivity index (χ3v) is 1.94. The number of ether oxygens (including phenoxy) is 1. The van der Waals surface area contributed by atoms with E-state index in [4.69, 9.17) is 10.2 Å². The van der Waals surface area contributed by atoms with Crippen LogP contribution in [-0.4, -0.2) is 54.6 Å². The van der Waals surface area contributed by atoms with Gasteiger partial charge in [0.05, 0.1) is 13.2 Å². The third kappa shape index (κ3) is 7.86. The minimum Gasteiger partial charge on any atom is -0.441 e. The summed E-state index contributed by atoms with van der Waals surface area (Å²) in [5.41, 5.74) is 0. The van der Waals surface area contributed by atoms with Crippen LogP contribution in [0.5, 0.6) is 0 Å². The predicted molar refractivity (Wildman–Crippen MR) is 67.1 cm³/mol. The van der Waals surface area contributed by atoms with Crippen LogP contribution in [-0.2, 0) is 9.53 Å². The van der Waals surface area contributed by atoms with Gasteiger partial charge in [-0.1, -0.05) is 20.8 Å². The largest absolute Gasteiger partial charge is 0.441 e. The van der Waals surface area contributed by atoms with E-state index in [1.165, 1.54) is 7.05 Å². The highest BCUT2D eigenvalue weighted by molar-refractivity contribution is 5.85. The third-order valence-electron chi connectivity index (χ3n) is 1.94. The average molecular weight is 264 g/mol. The number of rotatable bonds is 6.